The average Bonchev–Trinajstić information content (AvgIpc) is 2.85. The molecule has 6 nitrogen and oxygen atoms in total. The van der Waals surface area contributed by atoms with Crippen LogP contribution in [0.3, 0.4) is 0 Å². The fourth-order valence-corrected chi connectivity index (χ4v) is 1.82. The van der Waals surface area contributed by atoms with Gasteiger partial charge in [0.25, 0.3) is 0 Å². The fraction of sp³-hybridized carbons (Fsp3) is 0.333. The number of aryl methyl sites for hydroxylation is 1. The molecule has 0 unspecified atom stereocenters. The van der Waals surface area contributed by atoms with Gasteiger partial charge >= 0.3 is 5.97 Å². The first kappa shape index (κ1) is 14.9. The zero-order chi connectivity index (χ0) is 15.2. The second kappa shape index (κ2) is 6.78. The Morgan fingerprint density at radius 2 is 1.86 bits per heavy atom. The topological polar surface area (TPSA) is 73.6 Å². The molecule has 21 heavy (non-hydrogen) atoms. The van der Waals surface area contributed by atoms with Gasteiger partial charge in [-0.15, -0.1) is 0 Å². The average molecular weight is 290 g/mol. The summed E-state index contributed by atoms with van der Waals surface area (Å²) in [5, 5.41) is 13.0. The van der Waals surface area contributed by atoms with Gasteiger partial charge in [-0.1, -0.05) is 6.92 Å². The number of rotatable bonds is 7. The van der Waals surface area contributed by atoms with Crippen LogP contribution in [0.1, 0.15) is 29.4 Å². The monoisotopic (exact) mass is 290 g/mol. The number of carboxylic acids is 1. The first-order valence-corrected chi connectivity index (χ1v) is 6.71. The van der Waals surface area contributed by atoms with E-state index in [1.54, 1.807) is 19.2 Å². The van der Waals surface area contributed by atoms with Crippen molar-refractivity contribution in [2.45, 2.75) is 20.0 Å². The van der Waals surface area contributed by atoms with Crippen LogP contribution in [0, 0.1) is 0 Å². The third-order valence-electron chi connectivity index (χ3n) is 2.96. The fourth-order valence-electron chi connectivity index (χ4n) is 1.82. The molecule has 0 spiro atoms. The zero-order valence-electron chi connectivity index (χ0n) is 12.1. The Kier molecular flexibility index (Phi) is 4.81. The largest absolute Gasteiger partial charge is 0.494 e. The van der Waals surface area contributed by atoms with Crippen molar-refractivity contribution in [3.05, 3.63) is 41.7 Å². The van der Waals surface area contributed by atoms with Crippen molar-refractivity contribution in [2.24, 2.45) is 7.05 Å². The molecule has 1 N–H and O–H groups in total. The van der Waals surface area contributed by atoms with Crippen LogP contribution in [-0.2, 0) is 13.7 Å². The number of carbonyl (C=O) groups is 1. The van der Waals surface area contributed by atoms with Gasteiger partial charge in [-0.3, -0.25) is 4.68 Å². The molecule has 0 radical (unpaired) electrons. The van der Waals surface area contributed by atoms with Crippen LogP contribution in [0.15, 0.2) is 30.5 Å². The molecule has 0 aliphatic carbocycles. The summed E-state index contributed by atoms with van der Waals surface area (Å²) >= 11 is 0. The number of aromatic carboxylic acids is 1. The van der Waals surface area contributed by atoms with Crippen molar-refractivity contribution in [1.29, 1.82) is 0 Å². The lowest BCUT2D eigenvalue weighted by molar-refractivity contribution is 0.0693. The highest BCUT2D eigenvalue weighted by Crippen LogP contribution is 2.19. The third-order valence-corrected chi connectivity index (χ3v) is 2.96. The predicted octanol–water partition coefficient (Wildman–Crippen LogP) is 2.49. The van der Waals surface area contributed by atoms with Crippen LogP contribution in [0.2, 0.25) is 0 Å². The molecule has 1 aromatic heterocycles. The van der Waals surface area contributed by atoms with E-state index >= 15 is 0 Å². The Morgan fingerprint density at radius 3 is 2.43 bits per heavy atom. The molecular weight excluding hydrogens is 272 g/mol. The second-order valence-corrected chi connectivity index (χ2v) is 4.54. The SMILES string of the molecule is CCCOc1ccc(OCc2c(C(=O)O)cnn2C)cc1. The van der Waals surface area contributed by atoms with Crippen LogP contribution >= 0.6 is 0 Å². The highest BCUT2D eigenvalue weighted by atomic mass is 16.5. The van der Waals surface area contributed by atoms with Crippen LogP contribution in [0.5, 0.6) is 11.5 Å². The Morgan fingerprint density at radius 1 is 1.24 bits per heavy atom. The first-order chi connectivity index (χ1) is 10.1. The molecule has 0 saturated heterocycles. The minimum absolute atomic E-state index is 0.146. The molecule has 0 amide bonds. The maximum Gasteiger partial charge on any atom is 0.339 e. The normalized spacial score (nSPS) is 10.4. The van der Waals surface area contributed by atoms with E-state index in [0.717, 1.165) is 12.2 Å². The summed E-state index contributed by atoms with van der Waals surface area (Å²) in [6, 6.07) is 7.24. The number of nitrogens with zero attached hydrogens (tertiary/aromatic N) is 2. The summed E-state index contributed by atoms with van der Waals surface area (Å²) in [4.78, 5) is 11.1. The molecule has 0 atom stereocenters. The standard InChI is InChI=1S/C15H18N2O4/c1-3-8-20-11-4-6-12(7-5-11)21-10-14-13(15(18)19)9-16-17(14)2/h4-7,9H,3,8,10H2,1-2H3,(H,18,19). The van der Waals surface area contributed by atoms with Gasteiger partial charge in [-0.05, 0) is 30.7 Å². The molecule has 1 aromatic carbocycles. The maximum absolute atomic E-state index is 11.1. The minimum atomic E-state index is -1.01. The van der Waals surface area contributed by atoms with Gasteiger partial charge < -0.3 is 14.6 Å². The minimum Gasteiger partial charge on any atom is -0.494 e. The first-order valence-electron chi connectivity index (χ1n) is 6.71. The molecule has 0 aliphatic heterocycles. The highest BCUT2D eigenvalue weighted by molar-refractivity contribution is 5.88. The Hall–Kier alpha value is -2.50. The summed E-state index contributed by atoms with van der Waals surface area (Å²) in [6.45, 7) is 2.87. The van der Waals surface area contributed by atoms with Crippen LogP contribution in [0.25, 0.3) is 0 Å². The van der Waals surface area contributed by atoms with E-state index in [9.17, 15) is 4.79 Å². The lowest BCUT2D eigenvalue weighted by atomic mass is 10.2. The summed E-state index contributed by atoms with van der Waals surface area (Å²) in [7, 11) is 1.69. The van der Waals surface area contributed by atoms with E-state index in [4.69, 9.17) is 14.6 Å². The van der Waals surface area contributed by atoms with Gasteiger partial charge in [-0.25, -0.2) is 4.79 Å². The smallest absolute Gasteiger partial charge is 0.339 e. The van der Waals surface area contributed by atoms with Gasteiger partial charge in [-0.2, -0.15) is 5.10 Å². The molecule has 112 valence electrons. The molecular formula is C15H18N2O4. The quantitative estimate of drug-likeness (QED) is 0.848. The predicted molar refractivity (Wildman–Crippen MR) is 76.7 cm³/mol. The Balaban J connectivity index is 2.00. The number of hydrogen-bond acceptors (Lipinski definition) is 4. The Bertz CT molecular complexity index is 605. The zero-order valence-corrected chi connectivity index (χ0v) is 12.1. The number of ether oxygens (including phenoxy) is 2. The van der Waals surface area contributed by atoms with Crippen LogP contribution < -0.4 is 9.47 Å². The van der Waals surface area contributed by atoms with Crippen LogP contribution in [-0.4, -0.2) is 27.5 Å². The van der Waals surface area contributed by atoms with Gasteiger partial charge in [0, 0.05) is 7.05 Å². The van der Waals surface area contributed by atoms with Crippen molar-refractivity contribution in [3.8, 4) is 11.5 Å². The Labute approximate surface area is 122 Å². The van der Waals surface area contributed by atoms with E-state index in [0.29, 0.717) is 18.1 Å². The van der Waals surface area contributed by atoms with Gasteiger partial charge in [0.1, 0.15) is 23.7 Å². The van der Waals surface area contributed by atoms with E-state index < -0.39 is 5.97 Å². The van der Waals surface area contributed by atoms with Crippen molar-refractivity contribution in [2.75, 3.05) is 6.61 Å². The van der Waals surface area contributed by atoms with E-state index in [1.165, 1.54) is 10.9 Å². The van der Waals surface area contributed by atoms with Crippen molar-refractivity contribution in [3.63, 3.8) is 0 Å². The van der Waals surface area contributed by atoms with Gasteiger partial charge in [0.2, 0.25) is 0 Å². The lowest BCUT2D eigenvalue weighted by Crippen LogP contribution is -2.08. The molecule has 0 saturated carbocycles. The maximum atomic E-state index is 11.1. The highest BCUT2D eigenvalue weighted by Gasteiger charge is 2.15. The number of benzene rings is 1. The molecule has 2 aromatic rings. The van der Waals surface area contributed by atoms with Crippen molar-refractivity contribution >= 4 is 5.97 Å². The molecule has 1 heterocycles. The molecule has 0 aliphatic rings. The van der Waals surface area contributed by atoms with Crippen LogP contribution in [0.4, 0.5) is 0 Å². The number of carboxylic acid groups (broad SMARTS) is 1. The van der Waals surface area contributed by atoms with Gasteiger partial charge in [0.05, 0.1) is 18.5 Å². The second-order valence-electron chi connectivity index (χ2n) is 4.54. The summed E-state index contributed by atoms with van der Waals surface area (Å²) in [6.07, 6.45) is 2.28. The van der Waals surface area contributed by atoms with Crippen molar-refractivity contribution < 1.29 is 19.4 Å². The van der Waals surface area contributed by atoms with E-state index in [-0.39, 0.29) is 12.2 Å². The number of hydrogen-bond donors (Lipinski definition) is 1. The lowest BCUT2D eigenvalue weighted by Gasteiger charge is -2.09. The summed E-state index contributed by atoms with van der Waals surface area (Å²) in [5.74, 6) is 0.428. The summed E-state index contributed by atoms with van der Waals surface area (Å²) < 4.78 is 12.6. The summed E-state index contributed by atoms with van der Waals surface area (Å²) in [5.41, 5.74) is 0.675. The van der Waals surface area contributed by atoms with E-state index in [1.807, 2.05) is 19.1 Å². The van der Waals surface area contributed by atoms with Crippen molar-refractivity contribution in [1.82, 2.24) is 9.78 Å². The molecule has 6 heteroatoms. The van der Waals surface area contributed by atoms with E-state index in [2.05, 4.69) is 5.10 Å². The molecule has 2 rings (SSSR count). The molecule has 0 fully saturated rings. The third kappa shape index (κ3) is 3.75. The molecule has 0 bridgehead atoms. The van der Waals surface area contributed by atoms with Gasteiger partial charge in [0.15, 0.2) is 0 Å². The number of aromatic nitrogens is 2.